The number of hydrogen-bond acceptors (Lipinski definition) is 4. The van der Waals surface area contributed by atoms with Crippen molar-refractivity contribution in [3.8, 4) is 11.5 Å². The first-order valence-electron chi connectivity index (χ1n) is 7.66. The van der Waals surface area contributed by atoms with Crippen LogP contribution in [0.2, 0.25) is 5.02 Å². The second-order valence-electron chi connectivity index (χ2n) is 5.26. The molecule has 1 aromatic heterocycles. The van der Waals surface area contributed by atoms with Crippen molar-refractivity contribution in [2.24, 2.45) is 4.99 Å². The maximum atomic E-state index is 12.7. The molecule has 7 heteroatoms. The minimum atomic E-state index is -0.350. The van der Waals surface area contributed by atoms with Gasteiger partial charge in [0.15, 0.2) is 4.80 Å². The standard InChI is InChI=1S/C18H17ClN2O3S/c1-4-21-15-6-5-12(19)9-16(15)25-18(21)20-17(22)11-7-13(23-2)10-14(8-11)24-3/h5-10H,4H2,1-3H3. The predicted octanol–water partition coefficient (Wildman–Crippen LogP) is 4.13. The number of thiazole rings is 1. The maximum absolute atomic E-state index is 12.7. The number of fused-ring (bicyclic) bond motifs is 1. The van der Waals surface area contributed by atoms with Crippen LogP contribution in [0.15, 0.2) is 41.4 Å². The summed E-state index contributed by atoms with van der Waals surface area (Å²) in [5.41, 5.74) is 1.42. The highest BCUT2D eigenvalue weighted by molar-refractivity contribution is 7.16. The highest BCUT2D eigenvalue weighted by Crippen LogP contribution is 2.24. The Morgan fingerprint density at radius 3 is 2.44 bits per heavy atom. The van der Waals surface area contributed by atoms with Gasteiger partial charge in [0.25, 0.3) is 5.91 Å². The van der Waals surface area contributed by atoms with Crippen molar-refractivity contribution in [3.63, 3.8) is 0 Å². The van der Waals surface area contributed by atoms with Crippen LogP contribution in [0.4, 0.5) is 0 Å². The van der Waals surface area contributed by atoms with Crippen LogP contribution in [-0.4, -0.2) is 24.7 Å². The largest absolute Gasteiger partial charge is 0.497 e. The summed E-state index contributed by atoms with van der Waals surface area (Å²) in [6.07, 6.45) is 0. The first kappa shape index (κ1) is 17.5. The Hall–Kier alpha value is -2.31. The summed E-state index contributed by atoms with van der Waals surface area (Å²) in [5, 5.41) is 0.660. The fourth-order valence-corrected chi connectivity index (χ4v) is 3.89. The van der Waals surface area contributed by atoms with Crippen LogP contribution in [0.5, 0.6) is 11.5 Å². The van der Waals surface area contributed by atoms with Crippen molar-refractivity contribution in [3.05, 3.63) is 51.8 Å². The van der Waals surface area contributed by atoms with Crippen LogP contribution in [-0.2, 0) is 6.54 Å². The van der Waals surface area contributed by atoms with E-state index in [-0.39, 0.29) is 5.91 Å². The maximum Gasteiger partial charge on any atom is 0.279 e. The highest BCUT2D eigenvalue weighted by Gasteiger charge is 2.11. The molecule has 0 fully saturated rings. The van der Waals surface area contributed by atoms with Crippen molar-refractivity contribution in [2.75, 3.05) is 14.2 Å². The molecular weight excluding hydrogens is 360 g/mol. The number of carbonyl (C=O) groups is 1. The van der Waals surface area contributed by atoms with Gasteiger partial charge in [0.05, 0.1) is 24.4 Å². The molecule has 0 atom stereocenters. The molecule has 130 valence electrons. The number of aromatic nitrogens is 1. The molecule has 0 saturated heterocycles. The number of hydrogen-bond donors (Lipinski definition) is 0. The molecule has 5 nitrogen and oxygen atoms in total. The summed E-state index contributed by atoms with van der Waals surface area (Å²) in [6, 6.07) is 10.7. The van der Waals surface area contributed by atoms with Gasteiger partial charge in [-0.2, -0.15) is 4.99 Å². The summed E-state index contributed by atoms with van der Waals surface area (Å²) in [7, 11) is 3.09. The molecule has 0 aliphatic heterocycles. The second kappa shape index (κ2) is 7.29. The van der Waals surface area contributed by atoms with E-state index in [1.807, 2.05) is 29.7 Å². The number of aryl methyl sites for hydroxylation is 1. The zero-order chi connectivity index (χ0) is 18.0. The van der Waals surface area contributed by atoms with E-state index in [4.69, 9.17) is 21.1 Å². The Morgan fingerprint density at radius 2 is 1.84 bits per heavy atom. The monoisotopic (exact) mass is 376 g/mol. The molecule has 3 rings (SSSR count). The van der Waals surface area contributed by atoms with Crippen LogP contribution in [0.1, 0.15) is 17.3 Å². The Kier molecular flexibility index (Phi) is 5.11. The van der Waals surface area contributed by atoms with Crippen molar-refractivity contribution >= 4 is 39.1 Å². The third-order valence-electron chi connectivity index (χ3n) is 3.76. The molecule has 2 aromatic carbocycles. The average molecular weight is 377 g/mol. The number of carbonyl (C=O) groups excluding carboxylic acids is 1. The molecule has 0 radical (unpaired) electrons. The second-order valence-corrected chi connectivity index (χ2v) is 6.70. The molecule has 25 heavy (non-hydrogen) atoms. The predicted molar refractivity (Wildman–Crippen MR) is 99.9 cm³/mol. The van der Waals surface area contributed by atoms with Crippen LogP contribution < -0.4 is 14.3 Å². The molecule has 3 aromatic rings. The van der Waals surface area contributed by atoms with Gasteiger partial charge in [0, 0.05) is 23.2 Å². The van der Waals surface area contributed by atoms with Crippen molar-refractivity contribution < 1.29 is 14.3 Å². The molecule has 0 bridgehead atoms. The third kappa shape index (κ3) is 3.55. The van der Waals surface area contributed by atoms with E-state index in [1.54, 1.807) is 32.4 Å². The first-order valence-corrected chi connectivity index (χ1v) is 8.86. The lowest BCUT2D eigenvalue weighted by atomic mass is 10.2. The molecule has 1 heterocycles. The van der Waals surface area contributed by atoms with E-state index >= 15 is 0 Å². The molecule has 0 spiro atoms. The zero-order valence-corrected chi connectivity index (χ0v) is 15.6. The lowest BCUT2D eigenvalue weighted by molar-refractivity contribution is 0.0997. The summed E-state index contributed by atoms with van der Waals surface area (Å²) in [4.78, 5) is 17.6. The molecule has 0 aliphatic carbocycles. The third-order valence-corrected chi connectivity index (χ3v) is 5.03. The van der Waals surface area contributed by atoms with Gasteiger partial charge in [-0.3, -0.25) is 4.79 Å². The number of rotatable bonds is 4. The molecular formula is C18H17ClN2O3S. The van der Waals surface area contributed by atoms with E-state index in [0.29, 0.717) is 33.4 Å². The Labute approximate surface area is 154 Å². The van der Waals surface area contributed by atoms with Crippen LogP contribution >= 0.6 is 22.9 Å². The van der Waals surface area contributed by atoms with Crippen molar-refractivity contribution in [2.45, 2.75) is 13.5 Å². The summed E-state index contributed by atoms with van der Waals surface area (Å²) < 4.78 is 13.4. The van der Waals surface area contributed by atoms with Gasteiger partial charge in [-0.1, -0.05) is 22.9 Å². The molecule has 1 amide bonds. The molecule has 0 aliphatic rings. The lowest BCUT2D eigenvalue weighted by Crippen LogP contribution is -2.15. The number of halogens is 1. The van der Waals surface area contributed by atoms with Gasteiger partial charge in [-0.05, 0) is 37.3 Å². The minimum Gasteiger partial charge on any atom is -0.497 e. The highest BCUT2D eigenvalue weighted by atomic mass is 35.5. The van der Waals surface area contributed by atoms with E-state index in [2.05, 4.69) is 4.99 Å². The average Bonchev–Trinajstić information content (AvgIpc) is 2.96. The van der Waals surface area contributed by atoms with Gasteiger partial charge >= 0.3 is 0 Å². The Morgan fingerprint density at radius 1 is 1.16 bits per heavy atom. The molecule has 0 N–H and O–H groups in total. The van der Waals surface area contributed by atoms with Gasteiger partial charge in [-0.15, -0.1) is 0 Å². The van der Waals surface area contributed by atoms with Crippen molar-refractivity contribution in [1.29, 1.82) is 0 Å². The van der Waals surface area contributed by atoms with Crippen molar-refractivity contribution in [1.82, 2.24) is 4.57 Å². The van der Waals surface area contributed by atoms with Crippen LogP contribution in [0.3, 0.4) is 0 Å². The smallest absolute Gasteiger partial charge is 0.279 e. The summed E-state index contributed by atoms with van der Waals surface area (Å²) in [5.74, 6) is 0.742. The number of ether oxygens (including phenoxy) is 2. The Bertz CT molecular complexity index is 985. The topological polar surface area (TPSA) is 52.8 Å². The Balaban J connectivity index is 2.11. The molecule has 0 saturated carbocycles. The normalized spacial score (nSPS) is 11.8. The van der Waals surface area contributed by atoms with Gasteiger partial charge in [0.1, 0.15) is 11.5 Å². The van der Waals surface area contributed by atoms with E-state index in [0.717, 1.165) is 10.2 Å². The molecule has 0 unspecified atom stereocenters. The number of benzene rings is 2. The fourth-order valence-electron chi connectivity index (χ4n) is 2.52. The van der Waals surface area contributed by atoms with Gasteiger partial charge < -0.3 is 14.0 Å². The SMILES string of the molecule is CCn1c(=NC(=O)c2cc(OC)cc(OC)c2)sc2cc(Cl)ccc21. The van der Waals surface area contributed by atoms with E-state index in [9.17, 15) is 4.79 Å². The summed E-state index contributed by atoms with van der Waals surface area (Å²) in [6.45, 7) is 2.72. The lowest BCUT2D eigenvalue weighted by Gasteiger charge is -2.06. The number of amides is 1. The zero-order valence-electron chi connectivity index (χ0n) is 14.1. The van der Waals surface area contributed by atoms with Gasteiger partial charge in [-0.25, -0.2) is 0 Å². The number of nitrogens with zero attached hydrogens (tertiary/aromatic N) is 2. The minimum absolute atomic E-state index is 0.350. The number of methoxy groups -OCH3 is 2. The van der Waals surface area contributed by atoms with Gasteiger partial charge in [0.2, 0.25) is 0 Å². The van der Waals surface area contributed by atoms with Crippen LogP contribution in [0, 0.1) is 0 Å². The van der Waals surface area contributed by atoms with E-state index < -0.39 is 0 Å². The first-order chi connectivity index (χ1) is 12.0. The summed E-state index contributed by atoms with van der Waals surface area (Å²) >= 11 is 7.50. The quantitative estimate of drug-likeness (QED) is 0.687. The van der Waals surface area contributed by atoms with Crippen LogP contribution in [0.25, 0.3) is 10.2 Å². The van der Waals surface area contributed by atoms with E-state index in [1.165, 1.54) is 11.3 Å². The fraction of sp³-hybridized carbons (Fsp3) is 0.222.